The molecule has 0 aromatic carbocycles. The van der Waals surface area contributed by atoms with E-state index in [1.807, 2.05) is 32.1 Å². The summed E-state index contributed by atoms with van der Waals surface area (Å²) in [5, 5.41) is 6.50. The van der Waals surface area contributed by atoms with Crippen LogP contribution in [0.2, 0.25) is 0 Å². The van der Waals surface area contributed by atoms with E-state index < -0.39 is 5.60 Å². The van der Waals surface area contributed by atoms with Crippen molar-refractivity contribution in [1.82, 2.24) is 10.6 Å². The molecule has 1 aliphatic rings. The van der Waals surface area contributed by atoms with Crippen molar-refractivity contribution in [2.75, 3.05) is 6.54 Å². The Morgan fingerprint density at radius 2 is 2.09 bits per heavy atom. The summed E-state index contributed by atoms with van der Waals surface area (Å²) < 4.78 is 5.36. The van der Waals surface area contributed by atoms with Crippen LogP contribution in [0.1, 0.15) is 48.9 Å². The van der Waals surface area contributed by atoms with E-state index in [0.717, 1.165) is 13.1 Å². The highest BCUT2D eigenvalue weighted by Gasteiger charge is 2.33. The Morgan fingerprint density at radius 1 is 1.41 bits per heavy atom. The van der Waals surface area contributed by atoms with Gasteiger partial charge in [-0.15, -0.1) is 11.3 Å². The fraction of sp³-hybridized carbons (Fsp3) is 0.706. The molecule has 1 unspecified atom stereocenters. The molecular weight excluding hydrogens is 296 g/mol. The second kappa shape index (κ2) is 7.01. The number of amides is 1. The van der Waals surface area contributed by atoms with Gasteiger partial charge in [0.15, 0.2) is 0 Å². The molecule has 1 aromatic rings. The third kappa shape index (κ3) is 5.61. The van der Waals surface area contributed by atoms with Gasteiger partial charge in [-0.1, -0.05) is 0 Å². The molecule has 5 heteroatoms. The molecule has 0 saturated heterocycles. The topological polar surface area (TPSA) is 50.4 Å². The second-order valence-corrected chi connectivity index (χ2v) is 8.62. The van der Waals surface area contributed by atoms with Crippen LogP contribution in [0.25, 0.3) is 0 Å². The Bertz CT molecular complexity index is 515. The Labute approximate surface area is 137 Å². The van der Waals surface area contributed by atoms with Gasteiger partial charge in [0.2, 0.25) is 0 Å². The van der Waals surface area contributed by atoms with Crippen molar-refractivity contribution in [2.24, 2.45) is 5.92 Å². The van der Waals surface area contributed by atoms with Crippen LogP contribution in [0.4, 0.5) is 4.79 Å². The van der Waals surface area contributed by atoms with Crippen molar-refractivity contribution in [2.45, 2.75) is 65.6 Å². The van der Waals surface area contributed by atoms with Crippen molar-refractivity contribution in [3.63, 3.8) is 0 Å². The van der Waals surface area contributed by atoms with Crippen LogP contribution in [-0.2, 0) is 11.3 Å². The molecule has 1 saturated carbocycles. The lowest BCUT2D eigenvalue weighted by Crippen LogP contribution is -2.45. The SMILES string of the molecule is Cc1cc(CNCC(NC(=O)OC(C)(C)C)C2CC2)c(C)s1. The predicted molar refractivity (Wildman–Crippen MR) is 91.4 cm³/mol. The van der Waals surface area contributed by atoms with Crippen LogP contribution in [0.5, 0.6) is 0 Å². The number of alkyl carbamates (subject to hydrolysis) is 1. The van der Waals surface area contributed by atoms with Gasteiger partial charge in [0.05, 0.1) is 0 Å². The van der Waals surface area contributed by atoms with E-state index in [1.54, 1.807) is 0 Å². The number of hydrogen-bond donors (Lipinski definition) is 2. The summed E-state index contributed by atoms with van der Waals surface area (Å²) in [5.41, 5.74) is 0.908. The molecule has 0 spiro atoms. The molecule has 22 heavy (non-hydrogen) atoms. The van der Waals surface area contributed by atoms with Crippen LogP contribution in [-0.4, -0.2) is 24.3 Å². The largest absolute Gasteiger partial charge is 0.444 e. The van der Waals surface area contributed by atoms with Crippen molar-refractivity contribution in [1.29, 1.82) is 0 Å². The quantitative estimate of drug-likeness (QED) is 0.838. The highest BCUT2D eigenvalue weighted by atomic mass is 32.1. The lowest BCUT2D eigenvalue weighted by molar-refractivity contribution is 0.0497. The van der Waals surface area contributed by atoms with Crippen LogP contribution < -0.4 is 10.6 Å². The minimum Gasteiger partial charge on any atom is -0.444 e. The monoisotopic (exact) mass is 324 g/mol. The first-order chi connectivity index (χ1) is 10.2. The van der Waals surface area contributed by atoms with Gasteiger partial charge in [-0.25, -0.2) is 4.79 Å². The molecule has 2 rings (SSSR count). The highest BCUT2D eigenvalue weighted by molar-refractivity contribution is 7.12. The average molecular weight is 324 g/mol. The smallest absolute Gasteiger partial charge is 0.407 e. The average Bonchev–Trinajstić information content (AvgIpc) is 3.13. The summed E-state index contributed by atoms with van der Waals surface area (Å²) >= 11 is 1.83. The summed E-state index contributed by atoms with van der Waals surface area (Å²) in [5.74, 6) is 0.588. The van der Waals surface area contributed by atoms with Crippen molar-refractivity contribution in [3.05, 3.63) is 21.4 Å². The molecule has 0 aliphatic heterocycles. The minimum atomic E-state index is -0.447. The Kier molecular flexibility index (Phi) is 5.50. The number of aryl methyl sites for hydroxylation is 2. The maximum atomic E-state index is 11.9. The maximum absolute atomic E-state index is 11.9. The third-order valence-corrected chi connectivity index (χ3v) is 4.72. The van der Waals surface area contributed by atoms with E-state index in [0.29, 0.717) is 5.92 Å². The van der Waals surface area contributed by atoms with Crippen LogP contribution in [0.15, 0.2) is 6.07 Å². The molecule has 1 amide bonds. The fourth-order valence-corrected chi connectivity index (χ4v) is 3.46. The van der Waals surface area contributed by atoms with Gasteiger partial charge in [-0.2, -0.15) is 0 Å². The molecule has 4 nitrogen and oxygen atoms in total. The number of hydrogen-bond acceptors (Lipinski definition) is 4. The van der Waals surface area contributed by atoms with Crippen molar-refractivity contribution in [3.8, 4) is 0 Å². The summed E-state index contributed by atoms with van der Waals surface area (Å²) in [6.07, 6.45) is 2.08. The van der Waals surface area contributed by atoms with Gasteiger partial charge < -0.3 is 15.4 Å². The normalized spacial score (nSPS) is 16.4. The minimum absolute atomic E-state index is 0.162. The van der Waals surface area contributed by atoms with Crippen molar-refractivity contribution >= 4 is 17.4 Å². The third-order valence-electron chi connectivity index (χ3n) is 3.72. The van der Waals surface area contributed by atoms with E-state index in [-0.39, 0.29) is 12.1 Å². The first-order valence-electron chi connectivity index (χ1n) is 8.01. The number of nitrogens with one attached hydrogen (secondary N) is 2. The van der Waals surface area contributed by atoms with Gasteiger partial charge >= 0.3 is 6.09 Å². The number of ether oxygens (including phenoxy) is 1. The molecule has 1 heterocycles. The lowest BCUT2D eigenvalue weighted by atomic mass is 10.1. The Balaban J connectivity index is 1.80. The second-order valence-electron chi connectivity index (χ2n) is 7.16. The molecule has 1 atom stereocenters. The maximum Gasteiger partial charge on any atom is 0.407 e. The van der Waals surface area contributed by atoms with Gasteiger partial charge in [0, 0.05) is 28.9 Å². The zero-order chi connectivity index (χ0) is 16.3. The molecule has 0 bridgehead atoms. The molecule has 1 aliphatic carbocycles. The van der Waals surface area contributed by atoms with E-state index in [9.17, 15) is 4.79 Å². The standard InChI is InChI=1S/C17H28N2O2S/c1-11-8-14(12(2)22-11)9-18-10-15(13-6-7-13)19-16(20)21-17(3,4)5/h8,13,15,18H,6-7,9-10H2,1-5H3,(H,19,20). The Morgan fingerprint density at radius 3 is 2.59 bits per heavy atom. The van der Waals surface area contributed by atoms with Crippen LogP contribution in [0.3, 0.4) is 0 Å². The van der Waals surface area contributed by atoms with E-state index in [1.165, 1.54) is 28.2 Å². The first-order valence-corrected chi connectivity index (χ1v) is 8.82. The summed E-state index contributed by atoms with van der Waals surface area (Å²) in [6, 6.07) is 2.40. The van der Waals surface area contributed by atoms with Gasteiger partial charge in [0.1, 0.15) is 5.60 Å². The van der Waals surface area contributed by atoms with Gasteiger partial charge in [-0.3, -0.25) is 0 Å². The van der Waals surface area contributed by atoms with E-state index in [4.69, 9.17) is 4.74 Å². The first kappa shape index (κ1) is 17.3. The van der Waals surface area contributed by atoms with Crippen molar-refractivity contribution < 1.29 is 9.53 Å². The molecule has 1 aromatic heterocycles. The van der Waals surface area contributed by atoms with Crippen LogP contribution >= 0.6 is 11.3 Å². The molecule has 2 N–H and O–H groups in total. The number of rotatable bonds is 6. The van der Waals surface area contributed by atoms with E-state index in [2.05, 4.69) is 30.5 Å². The predicted octanol–water partition coefficient (Wildman–Crippen LogP) is 3.76. The molecule has 124 valence electrons. The summed E-state index contributed by atoms with van der Waals surface area (Å²) in [4.78, 5) is 14.6. The summed E-state index contributed by atoms with van der Waals surface area (Å²) in [6.45, 7) is 11.6. The van der Waals surface area contributed by atoms with Crippen LogP contribution in [0, 0.1) is 19.8 Å². The summed E-state index contributed by atoms with van der Waals surface area (Å²) in [7, 11) is 0. The molecule has 1 fully saturated rings. The number of carbonyl (C=O) groups is 1. The van der Waals surface area contributed by atoms with Gasteiger partial charge in [0.25, 0.3) is 0 Å². The zero-order valence-corrected chi connectivity index (χ0v) is 15.1. The molecular formula is C17H28N2O2S. The molecule has 0 radical (unpaired) electrons. The number of carbonyl (C=O) groups excluding carboxylic acids is 1. The fourth-order valence-electron chi connectivity index (χ4n) is 2.51. The Hall–Kier alpha value is -1.07. The zero-order valence-electron chi connectivity index (χ0n) is 14.3. The number of thiophene rings is 1. The van der Waals surface area contributed by atoms with E-state index >= 15 is 0 Å². The highest BCUT2D eigenvalue weighted by Crippen LogP contribution is 2.32. The van der Waals surface area contributed by atoms with Gasteiger partial charge in [-0.05, 0) is 65.0 Å². The lowest BCUT2D eigenvalue weighted by Gasteiger charge is -2.24.